The first kappa shape index (κ1) is 96.3. The predicted octanol–water partition coefficient (Wildman–Crippen LogP) is 15.6. The second kappa shape index (κ2) is 43.1. The van der Waals surface area contributed by atoms with Gasteiger partial charge in [-0.1, -0.05) is 119 Å². The van der Waals surface area contributed by atoms with Crippen molar-refractivity contribution in [2.75, 3.05) is 0 Å². The average molecular weight is 2960 g/mol. The minimum Gasteiger partial charge on any atom is -0.342 e. The Labute approximate surface area is 834 Å². The zero-order chi connectivity index (χ0) is 83.4. The largest absolute Gasteiger partial charge is 0.361 e. The Morgan fingerprint density at radius 3 is 1.29 bits per heavy atom. The molecule has 25 aromatic rings. The van der Waals surface area contributed by atoms with E-state index in [1.165, 1.54) is 18.6 Å². The van der Waals surface area contributed by atoms with Gasteiger partial charge in [0.2, 0.25) is 4.77 Å². The molecule has 0 spiro atoms. The van der Waals surface area contributed by atoms with Crippen molar-refractivity contribution < 1.29 is 141 Å². The monoisotopic (exact) mass is 2960 g/mol. The predicted molar refractivity (Wildman–Crippen MR) is 478 cm³/mol. The summed E-state index contributed by atoms with van der Waals surface area (Å²) in [5.41, 5.74) is 8.18. The minimum atomic E-state index is -0.472. The zero-order valence-electron chi connectivity index (χ0n) is 66.5. The van der Waals surface area contributed by atoms with Crippen LogP contribution in [0.15, 0.2) is 364 Å². The Bertz CT molecular complexity index is 8520. The number of rotatable bonds is 1. The molecule has 0 amide bonds. The van der Waals surface area contributed by atoms with E-state index >= 15 is 0 Å². The summed E-state index contributed by atoms with van der Waals surface area (Å²) >= 11 is 4.95. The molecule has 24 nitrogen and oxygen atoms in total. The molecule has 14 aromatic heterocycles. The summed E-state index contributed by atoms with van der Waals surface area (Å²) in [5, 5.41) is 18.5. The maximum absolute atomic E-state index is 12.4. The van der Waals surface area contributed by atoms with Gasteiger partial charge in [-0.15, -0.1) is 224 Å². The van der Waals surface area contributed by atoms with E-state index in [0.717, 1.165) is 114 Å². The number of benzene rings is 11. The van der Waals surface area contributed by atoms with Gasteiger partial charge >= 0.3 is 5.69 Å². The normalized spacial score (nSPS) is 10.6. The van der Waals surface area contributed by atoms with Crippen molar-refractivity contribution in [3.8, 4) is 11.3 Å². The molecule has 0 aliphatic rings. The van der Waals surface area contributed by atoms with Crippen LogP contribution in [0.2, 0.25) is 0 Å². The van der Waals surface area contributed by atoms with Gasteiger partial charge in [-0.25, -0.2) is 39.7 Å². The van der Waals surface area contributed by atoms with Gasteiger partial charge in [0.1, 0.15) is 6.20 Å². The molecule has 0 saturated carbocycles. The van der Waals surface area contributed by atoms with Crippen molar-refractivity contribution in [3.05, 3.63) is 445 Å². The Balaban J connectivity index is 0.000000137. The van der Waals surface area contributed by atoms with Gasteiger partial charge in [0.05, 0.1) is 86.0 Å². The Hall–Kier alpha value is -12.8. The smallest absolute Gasteiger partial charge is 0.342 e. The molecule has 0 N–H and O–H groups in total. The van der Waals surface area contributed by atoms with E-state index in [0.29, 0.717) is 49.4 Å². The second-order valence-corrected chi connectivity index (χ2v) is 28.0. The molecule has 0 aliphatic heterocycles. The van der Waals surface area contributed by atoms with Gasteiger partial charge < -0.3 is 26.4 Å². The van der Waals surface area contributed by atoms with E-state index in [2.05, 4.69) is 120 Å². The maximum atomic E-state index is 12.4. The fourth-order valence-electron chi connectivity index (χ4n) is 14.6. The molecular weight excluding hydrogens is 2900 g/mol. The molecule has 0 aliphatic carbocycles. The first-order valence-corrected chi connectivity index (χ1v) is 38.6. The number of hydrogen-bond donors (Lipinski definition) is 0. The van der Waals surface area contributed by atoms with Gasteiger partial charge in [0.15, 0.2) is 0 Å². The molecule has 7 radical (unpaired) electrons. The van der Waals surface area contributed by atoms with Gasteiger partial charge in [-0.2, -0.15) is 10.1 Å². The maximum Gasteiger partial charge on any atom is 0.361 e. The van der Waals surface area contributed by atoms with E-state index in [9.17, 15) is 28.8 Å². The van der Waals surface area contributed by atoms with Crippen molar-refractivity contribution in [2.24, 2.45) is 0 Å². The summed E-state index contributed by atoms with van der Waals surface area (Å²) in [6.45, 7) is 0. The summed E-state index contributed by atoms with van der Waals surface area (Å²) in [7, 11) is 0. The molecule has 25 rings (SSSR count). The number of nitrogens with zero attached hydrogens (tertiary/aromatic N) is 18. The Morgan fingerprint density at radius 2 is 0.692 bits per heavy atom. The molecule has 0 atom stereocenters. The molecule has 649 valence electrons. The summed E-state index contributed by atoms with van der Waals surface area (Å²) in [6, 6.07) is 108. The molecule has 0 unspecified atom stereocenters. The minimum absolute atomic E-state index is 0. The number of hydrogen-bond acceptors (Lipinski definition) is 18. The van der Waals surface area contributed by atoms with E-state index < -0.39 is 5.69 Å². The van der Waals surface area contributed by atoms with Crippen LogP contribution in [0.3, 0.4) is 0 Å². The third kappa shape index (κ3) is 19.8. The van der Waals surface area contributed by atoms with Crippen molar-refractivity contribution in [2.45, 2.75) is 0 Å². The van der Waals surface area contributed by atoms with Crippen LogP contribution in [0.25, 0.3) is 159 Å². The van der Waals surface area contributed by atoms with Crippen LogP contribution in [0.1, 0.15) is 0 Å². The third-order valence-corrected chi connectivity index (χ3v) is 20.4. The van der Waals surface area contributed by atoms with Crippen molar-refractivity contribution >= 4 is 160 Å². The topological polar surface area (TPSA) is 275 Å². The molecule has 11 aromatic carbocycles. The average Bonchev–Trinajstić information content (AvgIpc) is 0.724. The third-order valence-electron chi connectivity index (χ3n) is 20.2. The Morgan fingerprint density at radius 1 is 0.285 bits per heavy atom. The van der Waals surface area contributed by atoms with Crippen molar-refractivity contribution in [1.82, 2.24) is 85.9 Å². The van der Waals surface area contributed by atoms with Crippen LogP contribution in [-0.2, 0) is 141 Å². The standard InChI is InChI=1S/C20H11N2O.C18H11N2O.C16H9N2O.3C11H6N3O.C11H6N3S.7Ir/c23-20-16-10-4-6-12-18(16)22-17-11-5-3-8-14(17)13-7-1-2-9-15(13)19(22)21-20;21-17-12-16(14-7-2-1-3-8-14)20-11-10-13-6-4-5-9-15(13)18(20)19-17;19-16-13-7-3-4-8-14(13)18-10-9-11-5-1-2-6-12(11)15(18)17-16;15-10-5-6-14-7-12-9-4-2-1-3-8(9)11(14)13-10;15-11-12-7-14-6-5-8-3-1-2-4-9(8)10(14)13-11;15-10-7-12-14-6-5-8-3-1-2-4-9(8)11(14)13-10;15-11-12-7-14-6-5-8-3-1-2-4-9(8)10(14)13-11;;;;;;;/h1-8,10-12H;1-8,10-12H;1-5,7-10H;1-2,4-7H;3*1-3,5-7H;;;;;;;/q7*-1;;;;;;;. The molecule has 0 fully saturated rings. The van der Waals surface area contributed by atoms with Gasteiger partial charge in [0.25, 0.3) is 27.8 Å². The van der Waals surface area contributed by atoms with Crippen molar-refractivity contribution in [3.63, 3.8) is 0 Å². The summed E-state index contributed by atoms with van der Waals surface area (Å²) in [6.07, 6.45) is 17.0. The van der Waals surface area contributed by atoms with Gasteiger partial charge in [-0.3, -0.25) is 38.5 Å². The van der Waals surface area contributed by atoms with Crippen LogP contribution in [0.4, 0.5) is 0 Å². The first-order chi connectivity index (χ1) is 60.4. The van der Waals surface area contributed by atoms with Crippen LogP contribution in [0.5, 0.6) is 0 Å². The van der Waals surface area contributed by atoms with Gasteiger partial charge in [0, 0.05) is 171 Å². The summed E-state index contributed by atoms with van der Waals surface area (Å²) in [5.74, 6) is 0. The van der Waals surface area contributed by atoms with E-state index in [1.807, 2.05) is 256 Å². The summed E-state index contributed by atoms with van der Waals surface area (Å²) in [4.78, 5) is 110. The van der Waals surface area contributed by atoms with Crippen molar-refractivity contribution in [1.29, 1.82) is 0 Å². The summed E-state index contributed by atoms with van der Waals surface area (Å²) < 4.78 is 13.1. The second-order valence-electron chi connectivity index (χ2n) is 27.6. The molecule has 0 saturated heterocycles. The molecule has 32 heteroatoms. The fraction of sp³-hybridized carbons (Fsp3) is 0. The van der Waals surface area contributed by atoms with E-state index in [4.69, 9.17) is 12.2 Å². The van der Waals surface area contributed by atoms with Crippen LogP contribution in [0, 0.1) is 47.2 Å². The Kier molecular flexibility index (Phi) is 31.9. The zero-order valence-corrected chi connectivity index (χ0v) is 84.1. The van der Waals surface area contributed by atoms with E-state index in [-0.39, 0.29) is 169 Å². The number of fused-ring (bicyclic) bond motifs is 28. The number of para-hydroxylation sites is 3. The number of pyridine rings is 6. The SMILES string of the molecule is O=c1cc(-c2ccccc2)n2ccc3ccc[c-]c3c2n1.O=c1ccn2cnc3ccc[c-]c3c2n1.O=c1cnn2ccc3ccc[c-]c3c2n1.O=c1nc2c3[c-]cccc3c3ccccc3n2c2ccccc12.O=c1nc2c3[c-]cccc3ccn2c2ccccc12.O=c1ncn2ccc3ccc[c-]c3c2n1.S=c1ncn2ccc3ccc[c-]c3c2n1.[Ir].[Ir].[Ir].[Ir].[Ir].[Ir].[Ir]. The molecule has 0 bridgehead atoms. The number of aromatic nitrogens is 18. The molecule has 14 heterocycles. The fourth-order valence-corrected chi connectivity index (χ4v) is 14.8. The first-order valence-electron chi connectivity index (χ1n) is 38.2. The quantitative estimate of drug-likeness (QED) is 0.0839. The molecular formula is C98H55Ir7N18O6S-7. The van der Waals surface area contributed by atoms with Crippen LogP contribution < -0.4 is 33.5 Å². The van der Waals surface area contributed by atoms with Crippen LogP contribution >= 0.6 is 12.2 Å². The van der Waals surface area contributed by atoms with Crippen LogP contribution in [-0.4, -0.2) is 85.9 Å². The molecule has 130 heavy (non-hydrogen) atoms. The van der Waals surface area contributed by atoms with E-state index in [1.54, 1.807) is 68.7 Å². The van der Waals surface area contributed by atoms with Gasteiger partial charge in [-0.05, 0) is 83.8 Å².